The molecule has 1 aromatic carbocycles. The SMILES string of the molecule is COC(=O)CNCc1cccc(OC(C)C)c1. The van der Waals surface area contributed by atoms with Crippen LogP contribution in [0.3, 0.4) is 0 Å². The Bertz CT molecular complexity index is 363. The summed E-state index contributed by atoms with van der Waals surface area (Å²) in [6.07, 6.45) is 0.160. The van der Waals surface area contributed by atoms with Crippen molar-refractivity contribution in [3.8, 4) is 5.75 Å². The number of ether oxygens (including phenoxy) is 2. The van der Waals surface area contributed by atoms with Crippen LogP contribution in [0.5, 0.6) is 5.75 Å². The van der Waals surface area contributed by atoms with Crippen LogP contribution in [0.1, 0.15) is 19.4 Å². The topological polar surface area (TPSA) is 47.6 Å². The monoisotopic (exact) mass is 237 g/mol. The number of hydrogen-bond acceptors (Lipinski definition) is 4. The Labute approximate surface area is 102 Å². The van der Waals surface area contributed by atoms with Gasteiger partial charge in [0, 0.05) is 6.54 Å². The van der Waals surface area contributed by atoms with E-state index in [0.717, 1.165) is 11.3 Å². The summed E-state index contributed by atoms with van der Waals surface area (Å²) in [7, 11) is 1.38. The number of hydrogen-bond donors (Lipinski definition) is 1. The first-order valence-electron chi connectivity index (χ1n) is 5.65. The van der Waals surface area contributed by atoms with Crippen molar-refractivity contribution < 1.29 is 14.3 Å². The van der Waals surface area contributed by atoms with Gasteiger partial charge in [-0.3, -0.25) is 4.79 Å². The Morgan fingerprint density at radius 2 is 2.18 bits per heavy atom. The average Bonchev–Trinajstić information content (AvgIpc) is 2.28. The van der Waals surface area contributed by atoms with Gasteiger partial charge in [0.25, 0.3) is 0 Å². The number of carbonyl (C=O) groups excluding carboxylic acids is 1. The molecule has 0 saturated carbocycles. The lowest BCUT2D eigenvalue weighted by Gasteiger charge is -2.11. The average molecular weight is 237 g/mol. The molecule has 1 N–H and O–H groups in total. The first kappa shape index (κ1) is 13.5. The summed E-state index contributed by atoms with van der Waals surface area (Å²) in [5.41, 5.74) is 1.08. The minimum absolute atomic E-state index is 0.160. The smallest absolute Gasteiger partial charge is 0.319 e. The lowest BCUT2D eigenvalue weighted by Crippen LogP contribution is -2.23. The summed E-state index contributed by atoms with van der Waals surface area (Å²) in [5.74, 6) is 0.581. The van der Waals surface area contributed by atoms with Crippen LogP contribution in [0.15, 0.2) is 24.3 Å². The van der Waals surface area contributed by atoms with Crippen molar-refractivity contribution in [3.05, 3.63) is 29.8 Å². The molecule has 0 amide bonds. The molecule has 0 aliphatic carbocycles. The first-order valence-corrected chi connectivity index (χ1v) is 5.65. The molecule has 1 rings (SSSR count). The number of benzene rings is 1. The van der Waals surface area contributed by atoms with E-state index in [1.807, 2.05) is 38.1 Å². The van der Waals surface area contributed by atoms with Crippen LogP contribution in [0.2, 0.25) is 0 Å². The van der Waals surface area contributed by atoms with E-state index in [2.05, 4.69) is 10.1 Å². The zero-order valence-electron chi connectivity index (χ0n) is 10.5. The van der Waals surface area contributed by atoms with Crippen LogP contribution in [-0.2, 0) is 16.1 Å². The van der Waals surface area contributed by atoms with Gasteiger partial charge in [-0.1, -0.05) is 12.1 Å². The molecule has 0 aliphatic heterocycles. The van der Waals surface area contributed by atoms with Crippen LogP contribution in [0.25, 0.3) is 0 Å². The molecular weight excluding hydrogens is 218 g/mol. The second-order valence-corrected chi connectivity index (χ2v) is 3.99. The van der Waals surface area contributed by atoms with Crippen molar-refractivity contribution in [1.29, 1.82) is 0 Å². The molecule has 17 heavy (non-hydrogen) atoms. The van der Waals surface area contributed by atoms with Gasteiger partial charge >= 0.3 is 5.97 Å². The van der Waals surface area contributed by atoms with Crippen LogP contribution in [-0.4, -0.2) is 25.7 Å². The normalized spacial score (nSPS) is 10.4. The molecule has 0 aliphatic rings. The number of nitrogens with one attached hydrogen (secondary N) is 1. The van der Waals surface area contributed by atoms with Gasteiger partial charge in [0.15, 0.2) is 0 Å². The third-order valence-corrected chi connectivity index (χ3v) is 2.10. The van der Waals surface area contributed by atoms with Gasteiger partial charge in [0.2, 0.25) is 0 Å². The third kappa shape index (κ3) is 5.36. The van der Waals surface area contributed by atoms with Crippen LogP contribution in [0.4, 0.5) is 0 Å². The largest absolute Gasteiger partial charge is 0.491 e. The summed E-state index contributed by atoms with van der Waals surface area (Å²) in [4.78, 5) is 10.9. The van der Waals surface area contributed by atoms with Crippen molar-refractivity contribution >= 4 is 5.97 Å². The van der Waals surface area contributed by atoms with Crippen molar-refractivity contribution in [2.45, 2.75) is 26.5 Å². The van der Waals surface area contributed by atoms with Gasteiger partial charge in [-0.25, -0.2) is 0 Å². The Hall–Kier alpha value is -1.55. The fourth-order valence-electron chi connectivity index (χ4n) is 1.38. The molecule has 0 atom stereocenters. The maximum absolute atomic E-state index is 10.9. The summed E-state index contributed by atoms with van der Waals surface area (Å²) in [6, 6.07) is 7.80. The van der Waals surface area contributed by atoms with E-state index in [1.54, 1.807) is 0 Å². The van der Waals surface area contributed by atoms with E-state index in [-0.39, 0.29) is 18.6 Å². The Morgan fingerprint density at radius 3 is 2.82 bits per heavy atom. The van der Waals surface area contributed by atoms with E-state index < -0.39 is 0 Å². The van der Waals surface area contributed by atoms with Crippen LogP contribution in [0, 0.1) is 0 Å². The molecule has 0 heterocycles. The Kier molecular flexibility index (Phi) is 5.49. The molecule has 0 radical (unpaired) electrons. The molecule has 1 aromatic rings. The highest BCUT2D eigenvalue weighted by Crippen LogP contribution is 2.14. The number of esters is 1. The lowest BCUT2D eigenvalue weighted by molar-refractivity contribution is -0.139. The van der Waals surface area contributed by atoms with E-state index in [4.69, 9.17) is 4.74 Å². The highest BCUT2D eigenvalue weighted by molar-refractivity contribution is 5.71. The second-order valence-electron chi connectivity index (χ2n) is 3.99. The van der Waals surface area contributed by atoms with Crippen molar-refractivity contribution in [2.24, 2.45) is 0 Å². The minimum Gasteiger partial charge on any atom is -0.491 e. The molecule has 0 aromatic heterocycles. The number of carbonyl (C=O) groups is 1. The highest BCUT2D eigenvalue weighted by atomic mass is 16.5. The predicted molar refractivity (Wildman–Crippen MR) is 65.9 cm³/mol. The molecule has 4 heteroatoms. The number of methoxy groups -OCH3 is 1. The van der Waals surface area contributed by atoms with Crippen molar-refractivity contribution in [1.82, 2.24) is 5.32 Å². The van der Waals surface area contributed by atoms with Gasteiger partial charge in [0.05, 0.1) is 19.8 Å². The van der Waals surface area contributed by atoms with Gasteiger partial charge in [0.1, 0.15) is 5.75 Å². The van der Waals surface area contributed by atoms with Gasteiger partial charge in [-0.15, -0.1) is 0 Å². The molecular formula is C13H19NO3. The fourth-order valence-corrected chi connectivity index (χ4v) is 1.38. The standard InChI is InChI=1S/C13H19NO3/c1-10(2)17-12-6-4-5-11(7-12)8-14-9-13(15)16-3/h4-7,10,14H,8-9H2,1-3H3. The highest BCUT2D eigenvalue weighted by Gasteiger charge is 2.01. The van der Waals surface area contributed by atoms with Crippen molar-refractivity contribution in [3.63, 3.8) is 0 Å². The van der Waals surface area contributed by atoms with Crippen LogP contribution < -0.4 is 10.1 Å². The Morgan fingerprint density at radius 1 is 1.41 bits per heavy atom. The second kappa shape index (κ2) is 6.91. The molecule has 94 valence electrons. The maximum atomic E-state index is 10.9. The van der Waals surface area contributed by atoms with E-state index in [9.17, 15) is 4.79 Å². The number of rotatable bonds is 6. The van der Waals surface area contributed by atoms with Crippen LogP contribution >= 0.6 is 0 Å². The van der Waals surface area contributed by atoms with E-state index >= 15 is 0 Å². The molecule has 0 spiro atoms. The summed E-state index contributed by atoms with van der Waals surface area (Å²) in [5, 5.41) is 3.00. The van der Waals surface area contributed by atoms with Gasteiger partial charge in [-0.2, -0.15) is 0 Å². The van der Waals surface area contributed by atoms with E-state index in [0.29, 0.717) is 6.54 Å². The molecule has 0 unspecified atom stereocenters. The first-order chi connectivity index (χ1) is 8.11. The predicted octanol–water partition coefficient (Wildman–Crippen LogP) is 1.74. The molecule has 0 fully saturated rings. The van der Waals surface area contributed by atoms with Gasteiger partial charge in [-0.05, 0) is 31.5 Å². The van der Waals surface area contributed by atoms with Crippen molar-refractivity contribution in [2.75, 3.05) is 13.7 Å². The maximum Gasteiger partial charge on any atom is 0.319 e. The molecule has 0 bridgehead atoms. The quantitative estimate of drug-likeness (QED) is 0.765. The Balaban J connectivity index is 2.45. The van der Waals surface area contributed by atoms with E-state index in [1.165, 1.54) is 7.11 Å². The zero-order valence-corrected chi connectivity index (χ0v) is 10.5. The molecule has 0 saturated heterocycles. The fraction of sp³-hybridized carbons (Fsp3) is 0.462. The third-order valence-electron chi connectivity index (χ3n) is 2.10. The summed E-state index contributed by atoms with van der Waals surface area (Å²) < 4.78 is 10.1. The summed E-state index contributed by atoms with van der Waals surface area (Å²) in [6.45, 7) is 4.81. The zero-order chi connectivity index (χ0) is 12.7. The van der Waals surface area contributed by atoms with Gasteiger partial charge < -0.3 is 14.8 Å². The minimum atomic E-state index is -0.264. The summed E-state index contributed by atoms with van der Waals surface area (Å²) >= 11 is 0. The molecule has 4 nitrogen and oxygen atoms in total. The lowest BCUT2D eigenvalue weighted by atomic mass is 10.2.